The van der Waals surface area contributed by atoms with Crippen molar-refractivity contribution in [3.8, 4) is 5.75 Å². The molecule has 0 radical (unpaired) electrons. The summed E-state index contributed by atoms with van der Waals surface area (Å²) in [4.78, 5) is 11.7. The molecule has 5 nitrogen and oxygen atoms in total. The van der Waals surface area contributed by atoms with Crippen LogP contribution in [-0.2, 0) is 28.7 Å². The van der Waals surface area contributed by atoms with Crippen LogP contribution in [-0.4, -0.2) is 25.1 Å². The molecule has 66 heavy (non-hydrogen) atoms. The van der Waals surface area contributed by atoms with Crippen LogP contribution in [0, 0.1) is 5.92 Å². The highest BCUT2D eigenvalue weighted by Gasteiger charge is 2.36. The van der Waals surface area contributed by atoms with Crippen molar-refractivity contribution < 1.29 is 9.53 Å². The third-order valence-corrected chi connectivity index (χ3v) is 13.9. The van der Waals surface area contributed by atoms with Gasteiger partial charge in [-0.05, 0) is 139 Å². The highest BCUT2D eigenvalue weighted by atomic mass is 16.5. The Hall–Kier alpha value is -5.39. The first-order chi connectivity index (χ1) is 31.9. The Morgan fingerprint density at radius 3 is 2.33 bits per heavy atom. The molecule has 2 aliphatic rings. The minimum absolute atomic E-state index is 0.00931. The molecule has 0 spiro atoms. The van der Waals surface area contributed by atoms with Gasteiger partial charge in [0, 0.05) is 42.2 Å². The molecule has 3 unspecified atom stereocenters. The van der Waals surface area contributed by atoms with E-state index < -0.39 is 0 Å². The molecule has 3 N–H and O–H groups in total. The third-order valence-electron chi connectivity index (χ3n) is 13.9. The van der Waals surface area contributed by atoms with Crippen LogP contribution in [0.1, 0.15) is 152 Å². The molecular formula is C61H79N3O2. The van der Waals surface area contributed by atoms with Crippen LogP contribution in [0.3, 0.4) is 0 Å². The van der Waals surface area contributed by atoms with E-state index in [1.807, 2.05) is 0 Å². The molecule has 5 heteroatoms. The van der Waals surface area contributed by atoms with Gasteiger partial charge in [0.2, 0.25) is 5.91 Å². The van der Waals surface area contributed by atoms with Crippen molar-refractivity contribution in [2.75, 3.05) is 18.4 Å². The highest BCUT2D eigenvalue weighted by molar-refractivity contribution is 5.92. The van der Waals surface area contributed by atoms with Crippen LogP contribution in [0.15, 0.2) is 151 Å². The number of nitrogens with one attached hydrogen (secondary N) is 3. The summed E-state index contributed by atoms with van der Waals surface area (Å²) in [5.74, 6) is 1.67. The quantitative estimate of drug-likeness (QED) is 0.0418. The molecule has 0 aliphatic heterocycles. The van der Waals surface area contributed by atoms with E-state index in [0.29, 0.717) is 18.0 Å². The van der Waals surface area contributed by atoms with Crippen LogP contribution in [0.5, 0.6) is 5.75 Å². The maximum absolute atomic E-state index is 11.7. The first-order valence-electron chi connectivity index (χ1n) is 25.0. The minimum Gasteiger partial charge on any atom is -0.485 e. The molecule has 0 saturated heterocycles. The fourth-order valence-electron chi connectivity index (χ4n) is 9.82. The molecule has 4 aromatic rings. The second kappa shape index (κ2) is 24.4. The van der Waals surface area contributed by atoms with Gasteiger partial charge in [-0.2, -0.15) is 0 Å². The van der Waals surface area contributed by atoms with E-state index in [4.69, 9.17) is 4.74 Å². The van der Waals surface area contributed by atoms with E-state index in [-0.39, 0.29) is 28.8 Å². The molecular weight excluding hydrogens is 807 g/mol. The average Bonchev–Trinajstić information content (AvgIpc) is 3.31. The Balaban J connectivity index is 1.16. The second-order valence-corrected chi connectivity index (χ2v) is 20.0. The summed E-state index contributed by atoms with van der Waals surface area (Å²) >= 11 is 0. The van der Waals surface area contributed by atoms with Crippen molar-refractivity contribution in [3.63, 3.8) is 0 Å². The number of anilines is 1. The standard InChI is InChI=1S/C61H79N3O2/c1-9-11-12-21-48-22-13-15-27-56(48)60(5,6)39-18-25-49-23-17-24-50(33-34-52-42-51(20-10-2)55-26-14-16-28-57(55)61(52,7)8)58(49)66-54-37-35-53(36-38-54)64-44-47-31-29-46(30-32-47)43-62-40-19-41-63-59(65)45(3)4/h12-16,18,21-22,25-38,49,51,58,62,64H,3,9-11,17,19-20,23-24,39-44H2,1-2,4-8H3,(H,63,65)/b21-12-,25-18+,50-33+,52-34-. The van der Waals surface area contributed by atoms with Crippen LogP contribution < -0.4 is 20.7 Å². The van der Waals surface area contributed by atoms with Crippen molar-refractivity contribution in [3.05, 3.63) is 184 Å². The largest absolute Gasteiger partial charge is 0.485 e. The molecule has 350 valence electrons. The maximum atomic E-state index is 11.7. The summed E-state index contributed by atoms with van der Waals surface area (Å²) in [5.41, 5.74) is 12.7. The van der Waals surface area contributed by atoms with Crippen LogP contribution in [0.25, 0.3) is 6.08 Å². The Bertz CT molecular complexity index is 2310. The summed E-state index contributed by atoms with van der Waals surface area (Å²) in [7, 11) is 0. The van der Waals surface area contributed by atoms with Gasteiger partial charge in [-0.3, -0.25) is 4.79 Å². The lowest BCUT2D eigenvalue weighted by atomic mass is 9.64. The Morgan fingerprint density at radius 2 is 1.59 bits per heavy atom. The Morgan fingerprint density at radius 1 is 0.864 bits per heavy atom. The Labute approximate surface area is 399 Å². The first-order valence-corrected chi connectivity index (χ1v) is 25.0. The summed E-state index contributed by atoms with van der Waals surface area (Å²) in [6.07, 6.45) is 25.3. The summed E-state index contributed by atoms with van der Waals surface area (Å²) in [6.45, 7) is 22.6. The molecule has 1 saturated carbocycles. The smallest absolute Gasteiger partial charge is 0.246 e. The number of fused-ring (bicyclic) bond motifs is 1. The topological polar surface area (TPSA) is 62.4 Å². The third kappa shape index (κ3) is 13.8. The van der Waals surface area contributed by atoms with E-state index in [1.54, 1.807) is 6.92 Å². The van der Waals surface area contributed by atoms with Gasteiger partial charge in [-0.15, -0.1) is 0 Å². The summed E-state index contributed by atoms with van der Waals surface area (Å²) in [5, 5.41) is 9.98. The highest BCUT2D eigenvalue weighted by Crippen LogP contribution is 2.48. The second-order valence-electron chi connectivity index (χ2n) is 20.0. The van der Waals surface area contributed by atoms with Gasteiger partial charge in [0.1, 0.15) is 11.9 Å². The molecule has 6 rings (SSSR count). The van der Waals surface area contributed by atoms with Crippen LogP contribution in [0.2, 0.25) is 0 Å². The molecule has 0 heterocycles. The van der Waals surface area contributed by atoms with E-state index in [9.17, 15) is 4.79 Å². The van der Waals surface area contributed by atoms with E-state index >= 15 is 0 Å². The zero-order valence-corrected chi connectivity index (χ0v) is 41.4. The van der Waals surface area contributed by atoms with Crippen molar-refractivity contribution in [2.24, 2.45) is 5.92 Å². The fourth-order valence-corrected chi connectivity index (χ4v) is 9.82. The van der Waals surface area contributed by atoms with Crippen molar-refractivity contribution in [1.29, 1.82) is 0 Å². The number of rotatable bonds is 22. The van der Waals surface area contributed by atoms with Gasteiger partial charge in [0.15, 0.2) is 0 Å². The number of hydrogen-bond donors (Lipinski definition) is 3. The molecule has 4 aromatic carbocycles. The predicted molar refractivity (Wildman–Crippen MR) is 281 cm³/mol. The number of carbonyl (C=O) groups excluding carboxylic acids is 1. The normalized spacial score (nSPS) is 19.6. The molecule has 3 atom stereocenters. The van der Waals surface area contributed by atoms with Crippen LogP contribution >= 0.6 is 0 Å². The number of unbranched alkanes of at least 4 members (excludes halogenated alkanes) is 1. The van der Waals surface area contributed by atoms with Gasteiger partial charge in [0.05, 0.1) is 0 Å². The van der Waals surface area contributed by atoms with Gasteiger partial charge < -0.3 is 20.7 Å². The molecule has 2 aliphatic carbocycles. The van der Waals surface area contributed by atoms with Crippen molar-refractivity contribution >= 4 is 17.7 Å². The lowest BCUT2D eigenvalue weighted by Crippen LogP contribution is -2.32. The monoisotopic (exact) mass is 886 g/mol. The number of amides is 1. The number of benzene rings is 4. The predicted octanol–water partition coefficient (Wildman–Crippen LogP) is 14.9. The van der Waals surface area contributed by atoms with Crippen LogP contribution in [0.4, 0.5) is 5.69 Å². The zero-order valence-electron chi connectivity index (χ0n) is 41.4. The summed E-state index contributed by atoms with van der Waals surface area (Å²) < 4.78 is 7.12. The molecule has 1 amide bonds. The maximum Gasteiger partial charge on any atom is 0.246 e. The SMILES string of the molecule is C=C(C)C(=O)NCCCNCc1ccc(CNc2ccc(OC3/C(=C/C=C4/CC(CCC)c5ccccc5C4(C)C)CCCC3/C=C/CC(C)(C)c3ccccc3/C=C\CCC)cc2)cc1. The first kappa shape index (κ1) is 50.0. The summed E-state index contributed by atoms with van der Waals surface area (Å²) in [6, 6.07) is 35.4. The average molecular weight is 886 g/mol. The van der Waals surface area contributed by atoms with E-state index in [2.05, 4.69) is 198 Å². The van der Waals surface area contributed by atoms with Crippen molar-refractivity contribution in [2.45, 2.75) is 149 Å². The Kier molecular flexibility index (Phi) is 18.5. The van der Waals surface area contributed by atoms with Crippen molar-refractivity contribution in [1.82, 2.24) is 10.6 Å². The number of hydrogen-bond acceptors (Lipinski definition) is 4. The number of allylic oxidation sites excluding steroid dienone is 5. The van der Waals surface area contributed by atoms with Gasteiger partial charge >= 0.3 is 0 Å². The fraction of sp³-hybridized carbons (Fsp3) is 0.426. The number of carbonyl (C=O) groups is 1. The number of ether oxygens (including phenoxy) is 1. The molecule has 1 fully saturated rings. The van der Waals surface area contributed by atoms with E-state index in [1.165, 1.54) is 57.4 Å². The minimum atomic E-state index is -0.0783. The van der Waals surface area contributed by atoms with Gasteiger partial charge in [-0.25, -0.2) is 0 Å². The van der Waals surface area contributed by atoms with Gasteiger partial charge in [0.25, 0.3) is 0 Å². The molecule has 0 aromatic heterocycles. The lowest BCUT2D eigenvalue weighted by Gasteiger charge is -2.40. The zero-order chi connectivity index (χ0) is 46.9. The lowest BCUT2D eigenvalue weighted by molar-refractivity contribution is -0.117. The van der Waals surface area contributed by atoms with Gasteiger partial charge in [-0.1, -0.05) is 176 Å². The van der Waals surface area contributed by atoms with E-state index in [0.717, 1.165) is 82.4 Å². The molecule has 0 bridgehead atoms.